The summed E-state index contributed by atoms with van der Waals surface area (Å²) < 4.78 is 24.3. The van der Waals surface area contributed by atoms with Crippen molar-refractivity contribution in [3.63, 3.8) is 0 Å². The van der Waals surface area contributed by atoms with Crippen molar-refractivity contribution in [3.8, 4) is 5.75 Å². The molecule has 0 N–H and O–H groups in total. The molecule has 1 amide bonds. The van der Waals surface area contributed by atoms with Crippen LogP contribution >= 0.6 is 0 Å². The first-order valence-electron chi connectivity index (χ1n) is 8.98. The molecule has 2 aromatic carbocycles. The third-order valence-electron chi connectivity index (χ3n) is 4.87. The Hall–Kier alpha value is -3.15. The topological polar surface area (TPSA) is 59.8 Å². The van der Waals surface area contributed by atoms with E-state index < -0.39 is 5.63 Å². The fourth-order valence-corrected chi connectivity index (χ4v) is 3.18. The third-order valence-corrected chi connectivity index (χ3v) is 4.87. The van der Waals surface area contributed by atoms with E-state index in [1.54, 1.807) is 44.5 Å². The quantitative estimate of drug-likeness (QED) is 0.607. The van der Waals surface area contributed by atoms with Gasteiger partial charge in [-0.15, -0.1) is 0 Å². The van der Waals surface area contributed by atoms with Gasteiger partial charge in [-0.05, 0) is 37.1 Å². The summed E-state index contributed by atoms with van der Waals surface area (Å²) in [5.74, 6) is 0.0909. The molecular weight excluding hydrogens is 361 g/mol. The molecule has 1 heterocycles. The Morgan fingerprint density at radius 2 is 1.96 bits per heavy atom. The zero-order valence-electron chi connectivity index (χ0n) is 16.1. The van der Waals surface area contributed by atoms with Crippen molar-refractivity contribution in [2.24, 2.45) is 0 Å². The largest absolute Gasteiger partial charge is 0.497 e. The summed E-state index contributed by atoms with van der Waals surface area (Å²) in [4.78, 5) is 26.3. The number of carbonyl (C=O) groups is 1. The highest BCUT2D eigenvalue weighted by Gasteiger charge is 2.16. The van der Waals surface area contributed by atoms with Gasteiger partial charge in [0.15, 0.2) is 0 Å². The normalized spacial score (nSPS) is 10.9. The lowest BCUT2D eigenvalue weighted by molar-refractivity contribution is -0.130. The van der Waals surface area contributed by atoms with Crippen LogP contribution in [0.25, 0.3) is 11.0 Å². The molecule has 0 saturated heterocycles. The Morgan fingerprint density at radius 1 is 1.21 bits per heavy atom. The molecule has 0 saturated carbocycles. The average Bonchev–Trinajstić information content (AvgIpc) is 2.68. The SMILES string of the molecule is COc1ccc2c(C)c(CCC(=O)N(C)Cc3ccccc3F)c(=O)oc2c1. The van der Waals surface area contributed by atoms with E-state index in [1.165, 1.54) is 11.0 Å². The summed E-state index contributed by atoms with van der Waals surface area (Å²) in [5, 5.41) is 0.808. The van der Waals surface area contributed by atoms with E-state index >= 15 is 0 Å². The smallest absolute Gasteiger partial charge is 0.339 e. The molecular formula is C22H22FNO4. The Labute approximate surface area is 162 Å². The molecule has 0 aliphatic heterocycles. The van der Waals surface area contributed by atoms with E-state index in [9.17, 15) is 14.0 Å². The fraction of sp³-hybridized carbons (Fsp3) is 0.273. The average molecular weight is 383 g/mol. The number of methoxy groups -OCH3 is 1. The van der Waals surface area contributed by atoms with Gasteiger partial charge in [-0.1, -0.05) is 18.2 Å². The zero-order chi connectivity index (χ0) is 20.3. The summed E-state index contributed by atoms with van der Waals surface area (Å²) in [6.45, 7) is 2.02. The molecule has 5 nitrogen and oxygen atoms in total. The van der Waals surface area contributed by atoms with Crippen molar-refractivity contribution in [1.29, 1.82) is 0 Å². The maximum Gasteiger partial charge on any atom is 0.339 e. The number of amides is 1. The molecule has 3 aromatic rings. The van der Waals surface area contributed by atoms with Crippen molar-refractivity contribution < 1.29 is 18.3 Å². The summed E-state index contributed by atoms with van der Waals surface area (Å²) in [6.07, 6.45) is 0.398. The number of rotatable bonds is 6. The van der Waals surface area contributed by atoms with Crippen molar-refractivity contribution in [2.75, 3.05) is 14.2 Å². The van der Waals surface area contributed by atoms with Crippen LogP contribution in [0.4, 0.5) is 4.39 Å². The van der Waals surface area contributed by atoms with Gasteiger partial charge in [0.25, 0.3) is 0 Å². The zero-order valence-corrected chi connectivity index (χ0v) is 16.1. The van der Waals surface area contributed by atoms with Crippen molar-refractivity contribution >= 4 is 16.9 Å². The first kappa shape index (κ1) is 19.6. The van der Waals surface area contributed by atoms with Gasteiger partial charge < -0.3 is 14.1 Å². The van der Waals surface area contributed by atoms with Gasteiger partial charge >= 0.3 is 5.63 Å². The van der Waals surface area contributed by atoms with Crippen molar-refractivity contribution in [2.45, 2.75) is 26.3 Å². The maximum atomic E-state index is 13.8. The monoisotopic (exact) mass is 383 g/mol. The second-order valence-corrected chi connectivity index (χ2v) is 6.70. The standard InChI is InChI=1S/C22H22FNO4/c1-14-17-9-8-16(27-3)12-20(17)28-22(26)18(14)10-11-21(25)24(2)13-15-6-4-5-7-19(15)23/h4-9,12H,10-11,13H2,1-3H3. The van der Waals surface area contributed by atoms with Gasteiger partial charge in [0.1, 0.15) is 17.1 Å². The van der Waals surface area contributed by atoms with Gasteiger partial charge in [0, 0.05) is 42.6 Å². The van der Waals surface area contributed by atoms with Gasteiger partial charge in [-0.2, -0.15) is 0 Å². The number of hydrogen-bond acceptors (Lipinski definition) is 4. The summed E-state index contributed by atoms with van der Waals surface area (Å²) in [6, 6.07) is 11.7. The maximum absolute atomic E-state index is 13.8. The van der Waals surface area contributed by atoms with E-state index in [2.05, 4.69) is 0 Å². The first-order valence-corrected chi connectivity index (χ1v) is 8.98. The number of hydrogen-bond donors (Lipinski definition) is 0. The number of halogens is 1. The Kier molecular flexibility index (Phi) is 5.78. The highest BCUT2D eigenvalue weighted by atomic mass is 19.1. The predicted molar refractivity (Wildman–Crippen MR) is 105 cm³/mol. The molecule has 0 atom stereocenters. The molecule has 0 spiro atoms. The molecule has 0 aliphatic rings. The number of benzene rings is 2. The molecule has 1 aromatic heterocycles. The minimum absolute atomic E-state index is 0.137. The van der Waals surface area contributed by atoms with Gasteiger partial charge in [-0.3, -0.25) is 4.79 Å². The molecule has 0 bridgehead atoms. The Balaban J connectivity index is 1.75. The van der Waals surface area contributed by atoms with Gasteiger partial charge in [0.2, 0.25) is 5.91 Å². The number of ether oxygens (including phenoxy) is 1. The number of fused-ring (bicyclic) bond motifs is 1. The van der Waals surface area contributed by atoms with Crippen LogP contribution in [0, 0.1) is 12.7 Å². The number of carbonyl (C=O) groups excluding carboxylic acids is 1. The minimum atomic E-state index is -0.456. The molecule has 3 rings (SSSR count). The number of aryl methyl sites for hydroxylation is 1. The van der Waals surface area contributed by atoms with Crippen LogP contribution in [0.5, 0.6) is 5.75 Å². The lowest BCUT2D eigenvalue weighted by atomic mass is 10.0. The molecule has 6 heteroatoms. The number of nitrogens with zero attached hydrogens (tertiary/aromatic N) is 1. The van der Waals surface area contributed by atoms with Gasteiger partial charge in [-0.25, -0.2) is 9.18 Å². The van der Waals surface area contributed by atoms with E-state index in [0.717, 1.165) is 10.9 Å². The molecule has 0 aliphatic carbocycles. The second kappa shape index (κ2) is 8.25. The highest BCUT2D eigenvalue weighted by Crippen LogP contribution is 2.24. The highest BCUT2D eigenvalue weighted by molar-refractivity contribution is 5.82. The predicted octanol–water partition coefficient (Wildman–Crippen LogP) is 3.84. The Bertz CT molecular complexity index is 1070. The van der Waals surface area contributed by atoms with Crippen LogP contribution in [0.3, 0.4) is 0 Å². The Morgan fingerprint density at radius 3 is 2.68 bits per heavy atom. The minimum Gasteiger partial charge on any atom is -0.497 e. The molecule has 0 unspecified atom stereocenters. The fourth-order valence-electron chi connectivity index (χ4n) is 3.18. The first-order chi connectivity index (χ1) is 13.4. The molecule has 28 heavy (non-hydrogen) atoms. The lowest BCUT2D eigenvalue weighted by Gasteiger charge is -2.18. The van der Waals surface area contributed by atoms with E-state index in [4.69, 9.17) is 9.15 Å². The van der Waals surface area contributed by atoms with Crippen LogP contribution in [0.2, 0.25) is 0 Å². The molecule has 0 fully saturated rings. The molecule has 146 valence electrons. The van der Waals surface area contributed by atoms with Gasteiger partial charge in [0.05, 0.1) is 7.11 Å². The van der Waals surface area contributed by atoms with Crippen LogP contribution < -0.4 is 10.4 Å². The van der Waals surface area contributed by atoms with E-state index in [0.29, 0.717) is 22.5 Å². The van der Waals surface area contributed by atoms with Crippen LogP contribution in [-0.4, -0.2) is 25.0 Å². The van der Waals surface area contributed by atoms with Crippen molar-refractivity contribution in [1.82, 2.24) is 4.90 Å². The van der Waals surface area contributed by atoms with Crippen molar-refractivity contribution in [3.05, 3.63) is 75.4 Å². The third kappa shape index (κ3) is 4.06. The van der Waals surface area contributed by atoms with Crippen LogP contribution in [0.15, 0.2) is 51.7 Å². The van der Waals surface area contributed by atoms with E-state index in [-0.39, 0.29) is 31.1 Å². The van der Waals surface area contributed by atoms with Crippen LogP contribution in [-0.2, 0) is 17.8 Å². The van der Waals surface area contributed by atoms with Crippen LogP contribution in [0.1, 0.15) is 23.1 Å². The second-order valence-electron chi connectivity index (χ2n) is 6.70. The van der Waals surface area contributed by atoms with E-state index in [1.807, 2.05) is 13.0 Å². The summed E-state index contributed by atoms with van der Waals surface area (Å²) in [7, 11) is 3.17. The molecule has 0 radical (unpaired) electrons. The summed E-state index contributed by atoms with van der Waals surface area (Å²) >= 11 is 0. The summed E-state index contributed by atoms with van der Waals surface area (Å²) in [5.41, 5.74) is 1.72. The lowest BCUT2D eigenvalue weighted by Crippen LogP contribution is -2.27.